The van der Waals surface area contributed by atoms with Crippen LogP contribution in [0.2, 0.25) is 0 Å². The van der Waals surface area contributed by atoms with E-state index in [1.54, 1.807) is 18.2 Å². The van der Waals surface area contributed by atoms with Crippen molar-refractivity contribution in [3.63, 3.8) is 0 Å². The Morgan fingerprint density at radius 2 is 1.81 bits per heavy atom. The van der Waals surface area contributed by atoms with E-state index < -0.39 is 5.97 Å². The molecule has 1 N–H and O–H groups in total. The zero-order valence-corrected chi connectivity index (χ0v) is 12.6. The van der Waals surface area contributed by atoms with Crippen LogP contribution >= 0.6 is 0 Å². The van der Waals surface area contributed by atoms with Crippen molar-refractivity contribution in [2.75, 3.05) is 6.61 Å². The van der Waals surface area contributed by atoms with Crippen molar-refractivity contribution < 1.29 is 14.6 Å². The normalized spacial score (nSPS) is 9.43. The fourth-order valence-electron chi connectivity index (χ4n) is 1.59. The van der Waals surface area contributed by atoms with Crippen LogP contribution < -0.4 is 4.74 Å². The smallest absolute Gasteiger partial charge is 0.335 e. The number of rotatable bonds is 5. The molecule has 3 nitrogen and oxygen atoms in total. The van der Waals surface area contributed by atoms with Gasteiger partial charge in [-0.1, -0.05) is 55.3 Å². The number of aromatic carboxylic acids is 1. The average Bonchev–Trinajstić information content (AvgIpc) is 2.49. The molecular weight excluding hydrogens is 264 g/mol. The van der Waals surface area contributed by atoms with Crippen LogP contribution in [0.25, 0.3) is 0 Å². The van der Waals surface area contributed by atoms with Gasteiger partial charge in [0.25, 0.3) is 0 Å². The Bertz CT molecular complexity index is 535. The zero-order valence-electron chi connectivity index (χ0n) is 12.6. The number of unbranched alkanes of at least 4 members (excludes halogenated alkanes) is 1. The molecule has 0 aliphatic carbocycles. The molecule has 0 aromatic heterocycles. The van der Waals surface area contributed by atoms with Crippen LogP contribution in [0.15, 0.2) is 54.6 Å². The SMILES string of the molecule is CCCCOc1cccc(C(=O)O)c1.Cc1ccccc1. The minimum absolute atomic E-state index is 0.263. The Kier molecular flexibility index (Phi) is 7.65. The number of hydrogen-bond acceptors (Lipinski definition) is 2. The number of carboxylic acids is 1. The number of hydrogen-bond donors (Lipinski definition) is 1. The van der Waals surface area contributed by atoms with E-state index in [2.05, 4.69) is 26.0 Å². The highest BCUT2D eigenvalue weighted by Crippen LogP contribution is 2.13. The molecule has 0 heterocycles. The van der Waals surface area contributed by atoms with Crippen LogP contribution in [0, 0.1) is 6.92 Å². The fraction of sp³-hybridized carbons (Fsp3) is 0.278. The molecule has 0 aliphatic heterocycles. The van der Waals surface area contributed by atoms with Crippen molar-refractivity contribution >= 4 is 5.97 Å². The van der Waals surface area contributed by atoms with Gasteiger partial charge in [0.15, 0.2) is 0 Å². The predicted octanol–water partition coefficient (Wildman–Crippen LogP) is 4.56. The molecule has 112 valence electrons. The summed E-state index contributed by atoms with van der Waals surface area (Å²) < 4.78 is 5.37. The molecule has 0 amide bonds. The molecule has 0 atom stereocenters. The lowest BCUT2D eigenvalue weighted by atomic mass is 10.2. The van der Waals surface area contributed by atoms with Gasteiger partial charge in [-0.2, -0.15) is 0 Å². The molecule has 2 rings (SSSR count). The number of carbonyl (C=O) groups is 1. The summed E-state index contributed by atoms with van der Waals surface area (Å²) in [6.45, 7) is 4.80. The maximum Gasteiger partial charge on any atom is 0.335 e. The number of aryl methyl sites for hydroxylation is 1. The van der Waals surface area contributed by atoms with Crippen LogP contribution in [0.1, 0.15) is 35.7 Å². The maximum absolute atomic E-state index is 10.6. The van der Waals surface area contributed by atoms with Gasteiger partial charge in [-0.05, 0) is 31.5 Å². The second-order valence-corrected chi connectivity index (χ2v) is 4.69. The van der Waals surface area contributed by atoms with Crippen molar-refractivity contribution in [3.8, 4) is 5.75 Å². The summed E-state index contributed by atoms with van der Waals surface area (Å²) in [4.78, 5) is 10.6. The van der Waals surface area contributed by atoms with Gasteiger partial charge < -0.3 is 9.84 Å². The largest absolute Gasteiger partial charge is 0.494 e. The first kappa shape index (κ1) is 16.8. The summed E-state index contributed by atoms with van der Waals surface area (Å²) >= 11 is 0. The highest BCUT2D eigenvalue weighted by molar-refractivity contribution is 5.87. The quantitative estimate of drug-likeness (QED) is 0.820. The van der Waals surface area contributed by atoms with Gasteiger partial charge in [-0.15, -0.1) is 0 Å². The molecule has 0 spiro atoms. The lowest BCUT2D eigenvalue weighted by molar-refractivity contribution is 0.0696. The zero-order chi connectivity index (χ0) is 15.5. The molecular formula is C18H22O3. The first-order valence-corrected chi connectivity index (χ1v) is 7.11. The van der Waals surface area contributed by atoms with Crippen LogP contribution in [-0.4, -0.2) is 17.7 Å². The Labute approximate surface area is 126 Å². The Balaban J connectivity index is 0.000000262. The van der Waals surface area contributed by atoms with E-state index >= 15 is 0 Å². The lowest BCUT2D eigenvalue weighted by Gasteiger charge is -2.05. The van der Waals surface area contributed by atoms with Crippen molar-refractivity contribution in [1.29, 1.82) is 0 Å². The van der Waals surface area contributed by atoms with Crippen LogP contribution in [0.4, 0.5) is 0 Å². The molecule has 0 aliphatic rings. The van der Waals surface area contributed by atoms with Gasteiger partial charge in [0, 0.05) is 0 Å². The monoisotopic (exact) mass is 286 g/mol. The maximum atomic E-state index is 10.6. The Morgan fingerprint density at radius 1 is 1.10 bits per heavy atom. The standard InChI is InChI=1S/C11H14O3.C7H8/c1-2-3-7-14-10-6-4-5-9(8-10)11(12)13;1-7-5-3-2-4-6-7/h4-6,8H,2-3,7H2,1H3,(H,12,13);2-6H,1H3. The number of carboxylic acid groups (broad SMARTS) is 1. The van der Waals surface area contributed by atoms with E-state index in [9.17, 15) is 4.79 Å². The molecule has 2 aromatic carbocycles. The second kappa shape index (κ2) is 9.59. The van der Waals surface area contributed by atoms with Crippen molar-refractivity contribution in [3.05, 3.63) is 65.7 Å². The molecule has 21 heavy (non-hydrogen) atoms. The molecule has 0 fully saturated rings. The third kappa shape index (κ3) is 7.16. The number of ether oxygens (including phenoxy) is 1. The minimum atomic E-state index is -0.925. The van der Waals surface area contributed by atoms with Gasteiger partial charge in [0.2, 0.25) is 0 Å². The molecule has 2 aromatic rings. The summed E-state index contributed by atoms with van der Waals surface area (Å²) in [5.41, 5.74) is 1.58. The summed E-state index contributed by atoms with van der Waals surface area (Å²) in [5.74, 6) is -0.302. The fourth-order valence-corrected chi connectivity index (χ4v) is 1.59. The second-order valence-electron chi connectivity index (χ2n) is 4.69. The third-order valence-corrected chi connectivity index (χ3v) is 2.79. The van der Waals surface area contributed by atoms with Crippen LogP contribution in [0.3, 0.4) is 0 Å². The van der Waals surface area contributed by atoms with Gasteiger partial charge in [0.05, 0.1) is 12.2 Å². The van der Waals surface area contributed by atoms with E-state index in [4.69, 9.17) is 9.84 Å². The summed E-state index contributed by atoms with van der Waals surface area (Å²) in [6, 6.07) is 16.8. The topological polar surface area (TPSA) is 46.5 Å². The van der Waals surface area contributed by atoms with Gasteiger partial charge >= 0.3 is 5.97 Å². The highest BCUT2D eigenvalue weighted by atomic mass is 16.5. The Morgan fingerprint density at radius 3 is 2.33 bits per heavy atom. The van der Waals surface area contributed by atoms with Gasteiger partial charge in [0.1, 0.15) is 5.75 Å². The molecule has 3 heteroatoms. The minimum Gasteiger partial charge on any atom is -0.494 e. The van der Waals surface area contributed by atoms with Crippen LogP contribution in [-0.2, 0) is 0 Å². The average molecular weight is 286 g/mol. The first-order valence-electron chi connectivity index (χ1n) is 7.11. The lowest BCUT2D eigenvalue weighted by Crippen LogP contribution is -1.99. The summed E-state index contributed by atoms with van der Waals surface area (Å²) in [7, 11) is 0. The molecule has 0 radical (unpaired) electrons. The first-order chi connectivity index (χ1) is 10.1. The predicted molar refractivity (Wildman–Crippen MR) is 85.0 cm³/mol. The van der Waals surface area contributed by atoms with Crippen molar-refractivity contribution in [2.24, 2.45) is 0 Å². The summed E-state index contributed by atoms with van der Waals surface area (Å²) in [6.07, 6.45) is 2.05. The molecule has 0 bridgehead atoms. The molecule has 0 saturated carbocycles. The molecule has 0 saturated heterocycles. The highest BCUT2D eigenvalue weighted by Gasteiger charge is 2.02. The third-order valence-electron chi connectivity index (χ3n) is 2.79. The van der Waals surface area contributed by atoms with Gasteiger partial charge in [-0.25, -0.2) is 4.79 Å². The van der Waals surface area contributed by atoms with E-state index in [1.807, 2.05) is 18.2 Å². The van der Waals surface area contributed by atoms with E-state index in [0.29, 0.717) is 12.4 Å². The summed E-state index contributed by atoms with van der Waals surface area (Å²) in [5, 5.41) is 8.73. The van der Waals surface area contributed by atoms with Crippen LogP contribution in [0.5, 0.6) is 5.75 Å². The van der Waals surface area contributed by atoms with E-state index in [0.717, 1.165) is 12.8 Å². The van der Waals surface area contributed by atoms with Crippen molar-refractivity contribution in [1.82, 2.24) is 0 Å². The molecule has 0 unspecified atom stereocenters. The van der Waals surface area contributed by atoms with E-state index in [-0.39, 0.29) is 5.56 Å². The van der Waals surface area contributed by atoms with E-state index in [1.165, 1.54) is 11.6 Å². The Hall–Kier alpha value is -2.29. The number of benzene rings is 2. The van der Waals surface area contributed by atoms with Crippen molar-refractivity contribution in [2.45, 2.75) is 26.7 Å². The van der Waals surface area contributed by atoms with Gasteiger partial charge in [-0.3, -0.25) is 0 Å².